The van der Waals surface area contributed by atoms with Crippen molar-refractivity contribution in [2.24, 2.45) is 5.92 Å². The van der Waals surface area contributed by atoms with Crippen LogP contribution < -0.4 is 5.32 Å². The Morgan fingerprint density at radius 3 is 2.80 bits per heavy atom. The number of nitrogens with zero attached hydrogens (tertiary/aromatic N) is 3. The number of hydrogen-bond donors (Lipinski definition) is 1. The largest absolute Gasteiger partial charge is 0.370 e. The summed E-state index contributed by atoms with van der Waals surface area (Å²) in [4.78, 5) is 11.4. The molecular weight excluding hydrogens is 308 g/mol. The van der Waals surface area contributed by atoms with Gasteiger partial charge in [-0.3, -0.25) is 0 Å². The highest BCUT2D eigenvalue weighted by atomic mass is 15.1. The highest BCUT2D eigenvalue weighted by Gasteiger charge is 2.25. The first kappa shape index (κ1) is 16.5. The Balaban J connectivity index is 1.24. The van der Waals surface area contributed by atoms with Crippen LogP contribution in [0.5, 0.6) is 0 Å². The van der Waals surface area contributed by atoms with Crippen LogP contribution in [0, 0.1) is 5.92 Å². The fourth-order valence-corrected chi connectivity index (χ4v) is 3.77. The second-order valence-electron chi connectivity index (χ2n) is 7.53. The molecule has 1 aromatic heterocycles. The van der Waals surface area contributed by atoms with Gasteiger partial charge in [0.2, 0.25) is 0 Å². The molecule has 4 rings (SSSR count). The van der Waals surface area contributed by atoms with Crippen molar-refractivity contribution < 1.29 is 0 Å². The highest BCUT2D eigenvalue weighted by Crippen LogP contribution is 2.39. The zero-order valence-corrected chi connectivity index (χ0v) is 14.9. The van der Waals surface area contributed by atoms with Crippen LogP contribution in [0.2, 0.25) is 0 Å². The van der Waals surface area contributed by atoms with Crippen molar-refractivity contribution in [2.75, 3.05) is 31.5 Å². The van der Waals surface area contributed by atoms with E-state index in [4.69, 9.17) is 0 Å². The zero-order chi connectivity index (χ0) is 16.9. The van der Waals surface area contributed by atoms with E-state index in [9.17, 15) is 0 Å². The third-order valence-electron chi connectivity index (χ3n) is 5.42. The smallest absolute Gasteiger partial charge is 0.129 e. The number of piperidine rings is 1. The molecule has 1 saturated heterocycles. The van der Waals surface area contributed by atoms with Crippen LogP contribution in [-0.4, -0.2) is 41.0 Å². The Kier molecular flexibility index (Phi) is 5.26. The minimum Gasteiger partial charge on any atom is -0.370 e. The predicted octanol–water partition coefficient (Wildman–Crippen LogP) is 3.72. The SMILES string of the molecule is c1ccc(CCN2CCCC(CNc3cc(C4CC4)ncn3)C2)cc1. The molecule has 4 nitrogen and oxygen atoms in total. The van der Waals surface area contributed by atoms with Crippen molar-refractivity contribution in [2.45, 2.75) is 38.0 Å². The van der Waals surface area contributed by atoms with Gasteiger partial charge in [-0.2, -0.15) is 0 Å². The molecule has 1 unspecified atom stereocenters. The van der Waals surface area contributed by atoms with Crippen LogP contribution in [0.1, 0.15) is 42.9 Å². The van der Waals surface area contributed by atoms with Gasteiger partial charge in [-0.1, -0.05) is 30.3 Å². The lowest BCUT2D eigenvalue weighted by Crippen LogP contribution is -2.39. The summed E-state index contributed by atoms with van der Waals surface area (Å²) in [5.74, 6) is 2.40. The van der Waals surface area contributed by atoms with Crippen molar-refractivity contribution in [1.29, 1.82) is 0 Å². The summed E-state index contributed by atoms with van der Waals surface area (Å²) in [7, 11) is 0. The zero-order valence-electron chi connectivity index (χ0n) is 14.9. The van der Waals surface area contributed by atoms with Crippen molar-refractivity contribution in [3.05, 3.63) is 54.0 Å². The molecule has 0 spiro atoms. The Hall–Kier alpha value is -1.94. The molecule has 0 radical (unpaired) electrons. The normalized spacial score (nSPS) is 21.2. The Morgan fingerprint density at radius 2 is 1.96 bits per heavy atom. The summed E-state index contributed by atoms with van der Waals surface area (Å²) < 4.78 is 0. The van der Waals surface area contributed by atoms with Crippen molar-refractivity contribution in [3.8, 4) is 0 Å². The lowest BCUT2D eigenvalue weighted by Gasteiger charge is -2.33. The van der Waals surface area contributed by atoms with Crippen molar-refractivity contribution >= 4 is 5.82 Å². The lowest BCUT2D eigenvalue weighted by atomic mass is 9.97. The first-order chi connectivity index (χ1) is 12.4. The monoisotopic (exact) mass is 336 g/mol. The summed E-state index contributed by atoms with van der Waals surface area (Å²) in [6.07, 6.45) is 8.05. The topological polar surface area (TPSA) is 41.0 Å². The summed E-state index contributed by atoms with van der Waals surface area (Å²) >= 11 is 0. The summed E-state index contributed by atoms with van der Waals surface area (Å²) in [6, 6.07) is 13.0. The van der Waals surface area contributed by atoms with Gasteiger partial charge in [0, 0.05) is 37.3 Å². The van der Waals surface area contributed by atoms with E-state index in [1.807, 2.05) is 0 Å². The number of benzene rings is 1. The van der Waals surface area contributed by atoms with E-state index in [0.29, 0.717) is 11.8 Å². The number of likely N-dealkylation sites (tertiary alicyclic amines) is 1. The molecule has 1 aliphatic carbocycles. The Bertz CT molecular complexity index is 669. The van der Waals surface area contributed by atoms with Gasteiger partial charge in [0.15, 0.2) is 0 Å². The van der Waals surface area contributed by atoms with Crippen LogP contribution in [0.3, 0.4) is 0 Å². The van der Waals surface area contributed by atoms with Gasteiger partial charge in [0.25, 0.3) is 0 Å². The predicted molar refractivity (Wildman–Crippen MR) is 102 cm³/mol. The average Bonchev–Trinajstić information content (AvgIpc) is 3.52. The van der Waals surface area contributed by atoms with E-state index in [2.05, 4.69) is 56.6 Å². The molecule has 25 heavy (non-hydrogen) atoms. The quantitative estimate of drug-likeness (QED) is 0.837. The number of anilines is 1. The molecule has 4 heteroatoms. The van der Waals surface area contributed by atoms with E-state index in [0.717, 1.165) is 18.8 Å². The maximum atomic E-state index is 4.40. The van der Waals surface area contributed by atoms with Gasteiger partial charge in [-0.05, 0) is 50.1 Å². The second-order valence-corrected chi connectivity index (χ2v) is 7.53. The molecule has 0 bridgehead atoms. The minimum absolute atomic E-state index is 0.687. The van der Waals surface area contributed by atoms with Gasteiger partial charge in [0.1, 0.15) is 12.1 Å². The van der Waals surface area contributed by atoms with E-state index in [1.54, 1.807) is 6.33 Å². The van der Waals surface area contributed by atoms with Crippen LogP contribution in [0.4, 0.5) is 5.82 Å². The average molecular weight is 336 g/mol. The molecule has 0 amide bonds. The second kappa shape index (κ2) is 7.96. The van der Waals surface area contributed by atoms with Gasteiger partial charge in [-0.25, -0.2) is 9.97 Å². The van der Waals surface area contributed by atoms with Crippen molar-refractivity contribution in [1.82, 2.24) is 14.9 Å². The summed E-state index contributed by atoms with van der Waals surface area (Å²) in [6.45, 7) is 4.62. The highest BCUT2D eigenvalue weighted by molar-refractivity contribution is 5.36. The van der Waals surface area contributed by atoms with Gasteiger partial charge < -0.3 is 10.2 Å². The van der Waals surface area contributed by atoms with Crippen molar-refractivity contribution in [3.63, 3.8) is 0 Å². The summed E-state index contributed by atoms with van der Waals surface area (Å²) in [5, 5.41) is 3.55. The van der Waals surface area contributed by atoms with Gasteiger partial charge in [0.05, 0.1) is 0 Å². The molecule has 1 atom stereocenters. The maximum absolute atomic E-state index is 4.40. The molecule has 2 aromatic rings. The first-order valence-electron chi connectivity index (χ1n) is 9.69. The lowest BCUT2D eigenvalue weighted by molar-refractivity contribution is 0.182. The van der Waals surface area contributed by atoms with Gasteiger partial charge in [-0.15, -0.1) is 0 Å². The first-order valence-corrected chi connectivity index (χ1v) is 9.69. The Labute approximate surface area is 150 Å². The Morgan fingerprint density at radius 1 is 1.08 bits per heavy atom. The van der Waals surface area contributed by atoms with E-state index >= 15 is 0 Å². The molecule has 2 fully saturated rings. The van der Waals surface area contributed by atoms with Gasteiger partial charge >= 0.3 is 0 Å². The molecule has 1 aliphatic heterocycles. The molecule has 1 aromatic carbocycles. The van der Waals surface area contributed by atoms with Crippen LogP contribution in [0.25, 0.3) is 0 Å². The number of hydrogen-bond acceptors (Lipinski definition) is 4. The van der Waals surface area contributed by atoms with E-state index in [1.165, 1.54) is 56.6 Å². The molecule has 1 saturated carbocycles. The molecule has 2 aliphatic rings. The third kappa shape index (κ3) is 4.79. The number of nitrogens with one attached hydrogen (secondary N) is 1. The standard InChI is InChI=1S/C21H28N4/c1-2-5-17(6-3-1)10-12-25-11-4-7-18(15-25)14-22-21-13-20(19-8-9-19)23-16-24-21/h1-3,5-6,13,16,18-19H,4,7-12,14-15H2,(H,22,23,24). The third-order valence-corrected chi connectivity index (χ3v) is 5.42. The van der Waals surface area contributed by atoms with Crippen LogP contribution in [-0.2, 0) is 6.42 Å². The number of aromatic nitrogens is 2. The van der Waals surface area contributed by atoms with Crippen LogP contribution in [0.15, 0.2) is 42.7 Å². The maximum Gasteiger partial charge on any atom is 0.129 e. The van der Waals surface area contributed by atoms with E-state index in [-0.39, 0.29) is 0 Å². The van der Waals surface area contributed by atoms with Crippen LogP contribution >= 0.6 is 0 Å². The summed E-state index contributed by atoms with van der Waals surface area (Å²) in [5.41, 5.74) is 2.65. The number of rotatable bonds is 7. The molecular formula is C21H28N4. The fourth-order valence-electron chi connectivity index (χ4n) is 3.77. The molecule has 1 N–H and O–H groups in total. The minimum atomic E-state index is 0.687. The fraction of sp³-hybridized carbons (Fsp3) is 0.524. The molecule has 2 heterocycles. The molecule has 132 valence electrons. The van der Waals surface area contributed by atoms with E-state index < -0.39 is 0 Å².